The number of nitrogens with zero attached hydrogens (tertiary/aromatic N) is 1. The fourth-order valence-corrected chi connectivity index (χ4v) is 2.03. The van der Waals surface area contributed by atoms with E-state index in [0.29, 0.717) is 12.1 Å². The summed E-state index contributed by atoms with van der Waals surface area (Å²) in [7, 11) is 1.72. The van der Waals surface area contributed by atoms with Crippen molar-refractivity contribution < 1.29 is 9.59 Å². The van der Waals surface area contributed by atoms with Crippen LogP contribution in [0.5, 0.6) is 0 Å². The molecule has 90 valence electrons. The molecule has 17 heavy (non-hydrogen) atoms. The first-order valence-corrected chi connectivity index (χ1v) is 6.24. The summed E-state index contributed by atoms with van der Waals surface area (Å²) in [5, 5.41) is 2.77. The van der Waals surface area contributed by atoms with E-state index in [1.807, 2.05) is 6.07 Å². The smallest absolute Gasteiger partial charge is 0.321 e. The first-order chi connectivity index (χ1) is 7.99. The van der Waals surface area contributed by atoms with Gasteiger partial charge in [-0.1, -0.05) is 15.9 Å². The number of rotatable bonds is 2. The molecule has 1 heterocycles. The number of ketones is 1. The number of amides is 2. The number of fused-ring (bicyclic) bond motifs is 1. The normalized spacial score (nSPS) is 16.2. The van der Waals surface area contributed by atoms with Gasteiger partial charge in [0.15, 0.2) is 5.78 Å². The topological polar surface area (TPSA) is 49.4 Å². The largest absolute Gasteiger partial charge is 0.323 e. The molecule has 1 aromatic rings. The third-order valence-electron chi connectivity index (χ3n) is 2.75. The molecule has 1 aliphatic heterocycles. The Hall–Kier alpha value is -1.36. The number of anilines is 1. The highest BCUT2D eigenvalue weighted by Crippen LogP contribution is 2.24. The Morgan fingerprint density at radius 2 is 2.24 bits per heavy atom. The standard InChI is InChI=1S/C12H13BrN2O2/c1-7(13)11(16)8-3-4-10-9(5-8)6-15(2)12(17)14-10/h3-5,7H,6H2,1-2H3,(H,14,17). The summed E-state index contributed by atoms with van der Waals surface area (Å²) in [5.41, 5.74) is 2.41. The van der Waals surface area contributed by atoms with Crippen molar-refractivity contribution in [3.8, 4) is 0 Å². The molecule has 1 N–H and O–H groups in total. The summed E-state index contributed by atoms with van der Waals surface area (Å²) >= 11 is 3.26. The number of nitrogens with one attached hydrogen (secondary N) is 1. The van der Waals surface area contributed by atoms with Crippen molar-refractivity contribution in [2.24, 2.45) is 0 Å². The van der Waals surface area contributed by atoms with E-state index in [4.69, 9.17) is 0 Å². The van der Waals surface area contributed by atoms with E-state index < -0.39 is 0 Å². The Bertz CT molecular complexity index is 485. The van der Waals surface area contributed by atoms with Crippen LogP contribution in [0.25, 0.3) is 0 Å². The molecule has 0 radical (unpaired) electrons. The van der Waals surface area contributed by atoms with Gasteiger partial charge in [-0.15, -0.1) is 0 Å². The number of Topliss-reactive ketones (excluding diaryl/α,β-unsaturated/α-hetero) is 1. The molecule has 0 spiro atoms. The zero-order valence-electron chi connectivity index (χ0n) is 9.66. The lowest BCUT2D eigenvalue weighted by atomic mass is 10.0. The van der Waals surface area contributed by atoms with Gasteiger partial charge in [0, 0.05) is 24.8 Å². The third-order valence-corrected chi connectivity index (χ3v) is 3.16. The minimum absolute atomic E-state index is 0.0485. The lowest BCUT2D eigenvalue weighted by Gasteiger charge is -2.26. The van der Waals surface area contributed by atoms with Crippen LogP contribution in [-0.2, 0) is 6.54 Å². The van der Waals surface area contributed by atoms with E-state index in [2.05, 4.69) is 21.2 Å². The number of alkyl halides is 1. The van der Waals surface area contributed by atoms with Gasteiger partial charge in [0.2, 0.25) is 0 Å². The number of carbonyl (C=O) groups excluding carboxylic acids is 2. The van der Waals surface area contributed by atoms with Crippen LogP contribution in [0.1, 0.15) is 22.8 Å². The van der Waals surface area contributed by atoms with Crippen LogP contribution in [0.4, 0.5) is 10.5 Å². The molecule has 1 atom stereocenters. The quantitative estimate of drug-likeness (QED) is 0.674. The van der Waals surface area contributed by atoms with Crippen LogP contribution in [0.15, 0.2) is 18.2 Å². The zero-order valence-corrected chi connectivity index (χ0v) is 11.2. The second-order valence-corrected chi connectivity index (χ2v) is 5.51. The van der Waals surface area contributed by atoms with E-state index in [-0.39, 0.29) is 16.6 Å². The van der Waals surface area contributed by atoms with Gasteiger partial charge in [0.25, 0.3) is 0 Å². The third kappa shape index (κ3) is 2.34. The highest BCUT2D eigenvalue weighted by molar-refractivity contribution is 9.10. The predicted octanol–water partition coefficient (Wildman–Crippen LogP) is 2.63. The molecule has 0 aromatic heterocycles. The fraction of sp³-hybridized carbons (Fsp3) is 0.333. The average molecular weight is 297 g/mol. The van der Waals surface area contributed by atoms with Gasteiger partial charge < -0.3 is 10.2 Å². The van der Waals surface area contributed by atoms with Crippen molar-refractivity contribution in [3.63, 3.8) is 0 Å². The van der Waals surface area contributed by atoms with E-state index in [1.54, 1.807) is 31.0 Å². The predicted molar refractivity (Wildman–Crippen MR) is 69.6 cm³/mol. The van der Waals surface area contributed by atoms with E-state index in [1.165, 1.54) is 0 Å². The average Bonchev–Trinajstić information content (AvgIpc) is 2.29. The summed E-state index contributed by atoms with van der Waals surface area (Å²) in [5.74, 6) is 0.0485. The molecule has 0 bridgehead atoms. The van der Waals surface area contributed by atoms with Crippen LogP contribution in [0, 0.1) is 0 Å². The Labute approximate surface area is 108 Å². The van der Waals surface area contributed by atoms with Crippen molar-refractivity contribution in [3.05, 3.63) is 29.3 Å². The molecule has 4 nitrogen and oxygen atoms in total. The van der Waals surface area contributed by atoms with Crippen LogP contribution in [-0.4, -0.2) is 28.6 Å². The molecule has 1 aromatic carbocycles. The van der Waals surface area contributed by atoms with Gasteiger partial charge in [-0.3, -0.25) is 4.79 Å². The first kappa shape index (κ1) is 12.1. The van der Waals surface area contributed by atoms with Gasteiger partial charge in [-0.2, -0.15) is 0 Å². The van der Waals surface area contributed by atoms with Gasteiger partial charge in [-0.25, -0.2) is 4.79 Å². The van der Waals surface area contributed by atoms with Crippen molar-refractivity contribution in [2.75, 3.05) is 12.4 Å². The lowest BCUT2D eigenvalue weighted by Crippen LogP contribution is -2.35. The summed E-state index contributed by atoms with van der Waals surface area (Å²) in [6.07, 6.45) is 0. The monoisotopic (exact) mass is 296 g/mol. The summed E-state index contributed by atoms with van der Waals surface area (Å²) in [6, 6.07) is 5.24. The molecular weight excluding hydrogens is 284 g/mol. The maximum Gasteiger partial charge on any atom is 0.321 e. The van der Waals surface area contributed by atoms with E-state index in [9.17, 15) is 9.59 Å². The van der Waals surface area contributed by atoms with Crippen LogP contribution in [0.2, 0.25) is 0 Å². The van der Waals surface area contributed by atoms with Crippen LogP contribution < -0.4 is 5.32 Å². The Kier molecular flexibility index (Phi) is 3.19. The minimum Gasteiger partial charge on any atom is -0.323 e. The van der Waals surface area contributed by atoms with Crippen molar-refractivity contribution >= 4 is 33.4 Å². The maximum absolute atomic E-state index is 11.8. The molecule has 1 unspecified atom stereocenters. The summed E-state index contributed by atoms with van der Waals surface area (Å²) in [6.45, 7) is 2.33. The maximum atomic E-state index is 11.8. The Morgan fingerprint density at radius 3 is 2.88 bits per heavy atom. The van der Waals surface area contributed by atoms with Crippen LogP contribution in [0.3, 0.4) is 0 Å². The van der Waals surface area contributed by atoms with Gasteiger partial charge >= 0.3 is 6.03 Å². The lowest BCUT2D eigenvalue weighted by molar-refractivity contribution is 0.0995. The fourth-order valence-electron chi connectivity index (χ4n) is 1.77. The van der Waals surface area contributed by atoms with Gasteiger partial charge in [0.05, 0.1) is 4.83 Å². The Balaban J connectivity index is 2.35. The number of urea groups is 1. The van der Waals surface area contributed by atoms with Crippen LogP contribution >= 0.6 is 15.9 Å². The second kappa shape index (κ2) is 4.49. The molecular formula is C12H13BrN2O2. The molecule has 5 heteroatoms. The van der Waals surface area contributed by atoms with Crippen molar-refractivity contribution in [1.82, 2.24) is 4.90 Å². The number of benzene rings is 1. The van der Waals surface area contributed by atoms with Gasteiger partial charge in [0.1, 0.15) is 0 Å². The first-order valence-electron chi connectivity index (χ1n) is 5.32. The Morgan fingerprint density at radius 1 is 1.53 bits per heavy atom. The summed E-state index contributed by atoms with van der Waals surface area (Å²) in [4.78, 5) is 24.6. The highest BCUT2D eigenvalue weighted by atomic mass is 79.9. The number of halogens is 1. The molecule has 2 amide bonds. The number of carbonyl (C=O) groups is 2. The van der Waals surface area contributed by atoms with Crippen molar-refractivity contribution in [1.29, 1.82) is 0 Å². The van der Waals surface area contributed by atoms with E-state index in [0.717, 1.165) is 11.3 Å². The minimum atomic E-state index is -0.198. The molecule has 2 rings (SSSR count). The zero-order chi connectivity index (χ0) is 12.6. The molecule has 0 saturated heterocycles. The SMILES string of the molecule is CC(Br)C(=O)c1ccc2c(c1)CN(C)C(=O)N2. The molecule has 0 aliphatic carbocycles. The summed E-state index contributed by atoms with van der Waals surface area (Å²) < 4.78 is 0. The number of hydrogen-bond acceptors (Lipinski definition) is 2. The molecule has 1 aliphatic rings. The molecule has 0 saturated carbocycles. The molecule has 0 fully saturated rings. The van der Waals surface area contributed by atoms with E-state index >= 15 is 0 Å². The van der Waals surface area contributed by atoms with Gasteiger partial charge in [-0.05, 0) is 30.7 Å². The number of hydrogen-bond donors (Lipinski definition) is 1. The highest BCUT2D eigenvalue weighted by Gasteiger charge is 2.21. The second-order valence-electron chi connectivity index (χ2n) is 4.14. The van der Waals surface area contributed by atoms with Crippen molar-refractivity contribution in [2.45, 2.75) is 18.3 Å².